The molecule has 0 aliphatic carbocycles. The molecule has 0 radical (unpaired) electrons. The lowest BCUT2D eigenvalue weighted by Crippen LogP contribution is -2.00. The van der Waals surface area contributed by atoms with Crippen molar-refractivity contribution in [3.05, 3.63) is 35.2 Å². The Morgan fingerprint density at radius 2 is 1.94 bits per heavy atom. The van der Waals surface area contributed by atoms with Crippen molar-refractivity contribution in [2.24, 2.45) is 0 Å². The van der Waals surface area contributed by atoms with Crippen LogP contribution in [0.15, 0.2) is 24.3 Å². The summed E-state index contributed by atoms with van der Waals surface area (Å²) in [5.41, 5.74) is 6.77. The summed E-state index contributed by atoms with van der Waals surface area (Å²) in [6, 6.07) is 7.12. The SMILES string of the molecule is COc1cccc(Oc2nc(Cl)nc(C)c2N)c1. The average molecular weight is 266 g/mol. The summed E-state index contributed by atoms with van der Waals surface area (Å²) in [4.78, 5) is 7.88. The van der Waals surface area contributed by atoms with E-state index >= 15 is 0 Å². The molecule has 18 heavy (non-hydrogen) atoms. The third kappa shape index (κ3) is 2.62. The van der Waals surface area contributed by atoms with E-state index < -0.39 is 0 Å². The van der Waals surface area contributed by atoms with E-state index in [4.69, 9.17) is 26.8 Å². The van der Waals surface area contributed by atoms with E-state index in [1.165, 1.54) is 0 Å². The summed E-state index contributed by atoms with van der Waals surface area (Å²) < 4.78 is 10.7. The van der Waals surface area contributed by atoms with Crippen molar-refractivity contribution in [3.63, 3.8) is 0 Å². The number of methoxy groups -OCH3 is 1. The Labute approximate surface area is 110 Å². The number of hydrogen-bond acceptors (Lipinski definition) is 5. The molecule has 1 aromatic carbocycles. The van der Waals surface area contributed by atoms with Crippen LogP contribution in [0.5, 0.6) is 17.4 Å². The first kappa shape index (κ1) is 12.4. The van der Waals surface area contributed by atoms with Gasteiger partial charge in [0.1, 0.15) is 17.2 Å². The maximum absolute atomic E-state index is 5.83. The standard InChI is InChI=1S/C12H12ClN3O2/c1-7-10(14)11(16-12(13)15-7)18-9-5-3-4-8(6-9)17-2/h3-6H,14H2,1-2H3. The first-order chi connectivity index (χ1) is 8.60. The van der Waals surface area contributed by atoms with Crippen LogP contribution in [0.2, 0.25) is 5.28 Å². The summed E-state index contributed by atoms with van der Waals surface area (Å²) in [7, 11) is 1.58. The van der Waals surface area contributed by atoms with E-state index in [1.54, 1.807) is 32.2 Å². The molecular formula is C12H12ClN3O2. The van der Waals surface area contributed by atoms with Crippen LogP contribution in [0.25, 0.3) is 0 Å². The Balaban J connectivity index is 2.33. The van der Waals surface area contributed by atoms with Crippen molar-refractivity contribution in [3.8, 4) is 17.4 Å². The third-order valence-electron chi connectivity index (χ3n) is 2.33. The van der Waals surface area contributed by atoms with Crippen LogP contribution in [0.1, 0.15) is 5.69 Å². The Hall–Kier alpha value is -2.01. The largest absolute Gasteiger partial charge is 0.497 e. The molecular weight excluding hydrogens is 254 g/mol. The number of aromatic nitrogens is 2. The molecule has 0 amide bonds. The van der Waals surface area contributed by atoms with Gasteiger partial charge in [0.25, 0.3) is 0 Å². The van der Waals surface area contributed by atoms with Gasteiger partial charge in [-0.3, -0.25) is 0 Å². The van der Waals surface area contributed by atoms with Gasteiger partial charge in [0.2, 0.25) is 11.2 Å². The molecule has 0 spiro atoms. The van der Waals surface area contributed by atoms with Gasteiger partial charge < -0.3 is 15.2 Å². The zero-order chi connectivity index (χ0) is 13.1. The van der Waals surface area contributed by atoms with Crippen molar-refractivity contribution < 1.29 is 9.47 Å². The fraction of sp³-hybridized carbons (Fsp3) is 0.167. The lowest BCUT2D eigenvalue weighted by molar-refractivity contribution is 0.407. The predicted octanol–water partition coefficient (Wildman–Crippen LogP) is 2.82. The molecule has 6 heteroatoms. The Bertz CT molecular complexity index is 575. The van der Waals surface area contributed by atoms with E-state index in [0.29, 0.717) is 22.9 Å². The minimum atomic E-state index is 0.0968. The van der Waals surface area contributed by atoms with E-state index in [1.807, 2.05) is 6.07 Å². The topological polar surface area (TPSA) is 70.3 Å². The highest BCUT2D eigenvalue weighted by Crippen LogP contribution is 2.29. The molecule has 2 N–H and O–H groups in total. The molecule has 0 aliphatic heterocycles. The summed E-state index contributed by atoms with van der Waals surface area (Å²) >= 11 is 5.76. The average Bonchev–Trinajstić information content (AvgIpc) is 2.35. The van der Waals surface area contributed by atoms with Crippen molar-refractivity contribution in [1.29, 1.82) is 0 Å². The molecule has 2 rings (SSSR count). The van der Waals surface area contributed by atoms with E-state index in [0.717, 1.165) is 0 Å². The molecule has 2 aromatic rings. The fourth-order valence-corrected chi connectivity index (χ4v) is 1.58. The molecule has 1 aromatic heterocycles. The summed E-state index contributed by atoms with van der Waals surface area (Å²) in [5, 5.41) is 0.0968. The number of anilines is 1. The van der Waals surface area contributed by atoms with Crippen molar-refractivity contribution >= 4 is 17.3 Å². The van der Waals surface area contributed by atoms with Crippen molar-refractivity contribution in [2.75, 3.05) is 12.8 Å². The highest BCUT2D eigenvalue weighted by atomic mass is 35.5. The minimum absolute atomic E-state index is 0.0968. The number of halogens is 1. The van der Waals surface area contributed by atoms with Crippen molar-refractivity contribution in [1.82, 2.24) is 9.97 Å². The zero-order valence-electron chi connectivity index (χ0n) is 9.98. The Morgan fingerprint density at radius 1 is 1.22 bits per heavy atom. The third-order valence-corrected chi connectivity index (χ3v) is 2.50. The van der Waals surface area contributed by atoms with Gasteiger partial charge >= 0.3 is 0 Å². The molecule has 0 fully saturated rings. The van der Waals surface area contributed by atoms with Crippen LogP contribution in [0, 0.1) is 6.92 Å². The Kier molecular flexibility index (Phi) is 3.53. The first-order valence-electron chi connectivity index (χ1n) is 5.21. The van der Waals surface area contributed by atoms with Crippen LogP contribution in [-0.2, 0) is 0 Å². The van der Waals surface area contributed by atoms with Crippen molar-refractivity contribution in [2.45, 2.75) is 6.92 Å². The second-order valence-corrected chi connectivity index (χ2v) is 3.92. The van der Waals surface area contributed by atoms with E-state index in [9.17, 15) is 0 Å². The lowest BCUT2D eigenvalue weighted by Gasteiger charge is -2.09. The Morgan fingerprint density at radius 3 is 2.67 bits per heavy atom. The predicted molar refractivity (Wildman–Crippen MR) is 69.3 cm³/mol. The van der Waals surface area contributed by atoms with E-state index in [2.05, 4.69) is 9.97 Å². The second kappa shape index (κ2) is 5.10. The number of hydrogen-bond donors (Lipinski definition) is 1. The highest BCUT2D eigenvalue weighted by Gasteiger charge is 2.10. The molecule has 94 valence electrons. The number of aryl methyl sites for hydroxylation is 1. The van der Waals surface area contributed by atoms with Gasteiger partial charge in [-0.05, 0) is 30.7 Å². The maximum atomic E-state index is 5.83. The monoisotopic (exact) mass is 265 g/mol. The lowest BCUT2D eigenvalue weighted by atomic mass is 10.3. The summed E-state index contributed by atoms with van der Waals surface area (Å²) in [5.74, 6) is 1.49. The molecule has 0 aliphatic rings. The number of benzene rings is 1. The second-order valence-electron chi connectivity index (χ2n) is 3.58. The van der Waals surface area contributed by atoms with Gasteiger partial charge in [-0.2, -0.15) is 4.98 Å². The van der Waals surface area contributed by atoms with E-state index in [-0.39, 0.29) is 11.2 Å². The first-order valence-corrected chi connectivity index (χ1v) is 5.59. The molecule has 0 unspecified atom stereocenters. The molecule has 0 saturated heterocycles. The van der Waals surface area contributed by atoms with Crippen LogP contribution in [-0.4, -0.2) is 17.1 Å². The van der Waals surface area contributed by atoms with Gasteiger partial charge in [-0.1, -0.05) is 6.07 Å². The van der Waals surface area contributed by atoms with Gasteiger partial charge in [0.15, 0.2) is 0 Å². The number of nitrogens with two attached hydrogens (primary N) is 1. The van der Waals surface area contributed by atoms with Gasteiger partial charge in [0, 0.05) is 6.07 Å². The van der Waals surface area contributed by atoms with Crippen LogP contribution in [0.3, 0.4) is 0 Å². The van der Waals surface area contributed by atoms with Gasteiger partial charge in [-0.25, -0.2) is 4.98 Å². The maximum Gasteiger partial charge on any atom is 0.247 e. The quantitative estimate of drug-likeness (QED) is 0.864. The number of rotatable bonds is 3. The van der Waals surface area contributed by atoms with Gasteiger partial charge in [0.05, 0.1) is 12.8 Å². The summed E-state index contributed by atoms with van der Waals surface area (Å²) in [6.45, 7) is 1.74. The number of nitrogens with zero attached hydrogens (tertiary/aromatic N) is 2. The fourth-order valence-electron chi connectivity index (χ4n) is 1.38. The minimum Gasteiger partial charge on any atom is -0.497 e. The van der Waals surface area contributed by atoms with Crippen LogP contribution in [0.4, 0.5) is 5.69 Å². The van der Waals surface area contributed by atoms with Crippen LogP contribution >= 0.6 is 11.6 Å². The zero-order valence-corrected chi connectivity index (χ0v) is 10.7. The normalized spacial score (nSPS) is 10.2. The van der Waals surface area contributed by atoms with Gasteiger partial charge in [-0.15, -0.1) is 0 Å². The number of ether oxygens (including phenoxy) is 2. The summed E-state index contributed by atoms with van der Waals surface area (Å²) in [6.07, 6.45) is 0. The van der Waals surface area contributed by atoms with Crippen LogP contribution < -0.4 is 15.2 Å². The molecule has 5 nitrogen and oxygen atoms in total. The molecule has 1 heterocycles. The molecule has 0 saturated carbocycles. The number of nitrogen functional groups attached to an aromatic ring is 1. The molecule has 0 atom stereocenters. The molecule has 0 bridgehead atoms. The smallest absolute Gasteiger partial charge is 0.247 e. The highest BCUT2D eigenvalue weighted by molar-refractivity contribution is 6.28.